The van der Waals surface area contributed by atoms with Crippen molar-refractivity contribution in [3.8, 4) is 5.75 Å². The Morgan fingerprint density at radius 2 is 2.03 bits per heavy atom. The van der Waals surface area contributed by atoms with Gasteiger partial charge in [0.25, 0.3) is 0 Å². The largest absolute Gasteiger partial charge is 0.497 e. The van der Waals surface area contributed by atoms with Crippen molar-refractivity contribution < 1.29 is 14.3 Å². The predicted octanol–water partition coefficient (Wildman–Crippen LogP) is 2.26. The molecule has 9 nitrogen and oxygen atoms in total. The minimum absolute atomic E-state index is 0.00500. The molecule has 3 aromatic rings. The van der Waals surface area contributed by atoms with Crippen molar-refractivity contribution in [2.75, 3.05) is 25.1 Å². The average molecular weight is 449 g/mol. The van der Waals surface area contributed by atoms with Gasteiger partial charge in [-0.2, -0.15) is 0 Å². The van der Waals surface area contributed by atoms with Crippen LogP contribution in [0.15, 0.2) is 48.5 Å². The molecule has 0 fully saturated rings. The van der Waals surface area contributed by atoms with Crippen LogP contribution in [0.3, 0.4) is 0 Å². The highest BCUT2D eigenvalue weighted by Crippen LogP contribution is 2.27. The Morgan fingerprint density at radius 3 is 2.82 bits per heavy atom. The molecule has 1 atom stereocenters. The molecule has 2 aromatic carbocycles. The molecular formula is C24H28N6O3. The highest BCUT2D eigenvalue weighted by molar-refractivity contribution is 5.95. The lowest BCUT2D eigenvalue weighted by Gasteiger charge is -2.29. The van der Waals surface area contributed by atoms with Gasteiger partial charge in [0.15, 0.2) is 0 Å². The van der Waals surface area contributed by atoms with Gasteiger partial charge in [-0.1, -0.05) is 30.3 Å². The normalized spacial score (nSPS) is 13.8. The fourth-order valence-corrected chi connectivity index (χ4v) is 4.18. The first-order valence-electron chi connectivity index (χ1n) is 11.1. The second-order valence-electron chi connectivity index (χ2n) is 8.06. The molecule has 172 valence electrons. The fraction of sp³-hybridized carbons (Fsp3) is 0.375. The van der Waals surface area contributed by atoms with Crippen LogP contribution >= 0.6 is 0 Å². The number of ether oxygens (including phenoxy) is 1. The molecule has 9 heteroatoms. The van der Waals surface area contributed by atoms with Crippen LogP contribution in [-0.2, 0) is 22.4 Å². The van der Waals surface area contributed by atoms with E-state index in [4.69, 9.17) is 4.74 Å². The van der Waals surface area contributed by atoms with Crippen molar-refractivity contribution in [3.63, 3.8) is 0 Å². The first-order chi connectivity index (χ1) is 16.1. The van der Waals surface area contributed by atoms with Crippen LogP contribution in [0, 0.1) is 6.92 Å². The number of para-hydroxylation sites is 1. The van der Waals surface area contributed by atoms with Crippen molar-refractivity contribution in [1.29, 1.82) is 0 Å². The van der Waals surface area contributed by atoms with Crippen LogP contribution in [0.2, 0.25) is 0 Å². The van der Waals surface area contributed by atoms with E-state index in [1.807, 2.05) is 47.4 Å². The number of hydrogen-bond donors (Lipinski definition) is 1. The van der Waals surface area contributed by atoms with Crippen molar-refractivity contribution in [1.82, 2.24) is 25.5 Å². The van der Waals surface area contributed by atoms with Crippen LogP contribution in [0.5, 0.6) is 5.75 Å². The number of hydrogen-bond acceptors (Lipinski definition) is 6. The molecule has 1 aliphatic rings. The molecule has 0 aliphatic carbocycles. The Bertz CT molecular complexity index is 1130. The molecule has 0 unspecified atom stereocenters. The van der Waals surface area contributed by atoms with Gasteiger partial charge in [-0.3, -0.25) is 9.59 Å². The first kappa shape index (κ1) is 22.4. The van der Waals surface area contributed by atoms with Gasteiger partial charge in [0.1, 0.15) is 17.6 Å². The molecule has 0 saturated heterocycles. The Morgan fingerprint density at radius 1 is 1.18 bits per heavy atom. The summed E-state index contributed by atoms with van der Waals surface area (Å²) in [6.45, 7) is 2.70. The maximum atomic E-state index is 13.1. The Kier molecular flexibility index (Phi) is 6.97. The number of nitrogens with zero attached hydrogens (tertiary/aromatic N) is 5. The number of methoxy groups -OCH3 is 1. The minimum atomic E-state index is -0.641. The summed E-state index contributed by atoms with van der Waals surface area (Å²) in [7, 11) is 1.60. The Labute approximate surface area is 192 Å². The van der Waals surface area contributed by atoms with E-state index >= 15 is 0 Å². The summed E-state index contributed by atoms with van der Waals surface area (Å²) in [5.74, 6) is 1.03. The summed E-state index contributed by atoms with van der Waals surface area (Å²) in [4.78, 5) is 27.8. The zero-order chi connectivity index (χ0) is 23.2. The quantitative estimate of drug-likeness (QED) is 0.567. The number of fused-ring (bicyclic) bond motifs is 1. The molecule has 1 aliphatic heterocycles. The van der Waals surface area contributed by atoms with Crippen LogP contribution in [0.1, 0.15) is 35.8 Å². The topological polar surface area (TPSA) is 102 Å². The molecule has 33 heavy (non-hydrogen) atoms. The number of benzene rings is 2. The van der Waals surface area contributed by atoms with Crippen molar-refractivity contribution in [2.45, 2.75) is 38.6 Å². The van der Waals surface area contributed by atoms with Gasteiger partial charge < -0.3 is 15.0 Å². The van der Waals surface area contributed by atoms with Crippen LogP contribution < -0.4 is 15.0 Å². The Hall–Kier alpha value is -3.75. The molecule has 1 aromatic heterocycles. The van der Waals surface area contributed by atoms with E-state index in [2.05, 4.69) is 26.9 Å². The van der Waals surface area contributed by atoms with E-state index in [-0.39, 0.29) is 24.8 Å². The van der Waals surface area contributed by atoms with Crippen molar-refractivity contribution in [2.24, 2.45) is 0 Å². The van der Waals surface area contributed by atoms with E-state index < -0.39 is 6.04 Å². The van der Waals surface area contributed by atoms with E-state index in [1.54, 1.807) is 14.0 Å². The summed E-state index contributed by atoms with van der Waals surface area (Å²) in [6.07, 6.45) is 2.53. The first-order valence-corrected chi connectivity index (χ1v) is 11.1. The third-order valence-electron chi connectivity index (χ3n) is 5.87. The van der Waals surface area contributed by atoms with E-state index in [0.717, 1.165) is 24.1 Å². The molecule has 0 spiro atoms. The highest BCUT2D eigenvalue weighted by atomic mass is 16.5. The van der Waals surface area contributed by atoms with Crippen LogP contribution in [-0.4, -0.2) is 52.2 Å². The second kappa shape index (κ2) is 10.2. The van der Waals surface area contributed by atoms with Crippen LogP contribution in [0.25, 0.3) is 0 Å². The number of nitrogens with one attached hydrogen (secondary N) is 1. The number of rotatable bonds is 8. The average Bonchev–Trinajstić information content (AvgIpc) is 3.27. The SMILES string of the molecule is COc1cccc(C[C@H](C(=O)NCCC(=O)N2CCCc3ccccc32)n2nnnc2C)c1. The number of aromatic nitrogens is 4. The molecule has 2 heterocycles. The number of aryl methyl sites for hydroxylation is 2. The van der Waals surface area contributed by atoms with Gasteiger partial charge >= 0.3 is 0 Å². The molecule has 0 radical (unpaired) electrons. The number of anilines is 1. The predicted molar refractivity (Wildman–Crippen MR) is 123 cm³/mol. The lowest BCUT2D eigenvalue weighted by molar-refractivity contribution is -0.124. The third kappa shape index (κ3) is 5.19. The zero-order valence-electron chi connectivity index (χ0n) is 18.9. The standard InChI is InChI=1S/C24H28N6O3/c1-17-26-27-28-30(17)22(16-18-7-5-10-20(15-18)33-2)24(32)25-13-12-23(31)29-14-6-9-19-8-3-4-11-21(19)29/h3-5,7-8,10-11,15,22H,6,9,12-14,16H2,1-2H3,(H,25,32)/t22-/m1/s1. The molecule has 0 saturated carbocycles. The monoisotopic (exact) mass is 448 g/mol. The maximum absolute atomic E-state index is 13.1. The maximum Gasteiger partial charge on any atom is 0.245 e. The number of amides is 2. The van der Waals surface area contributed by atoms with Gasteiger partial charge in [-0.25, -0.2) is 4.68 Å². The number of carbonyl (C=O) groups excluding carboxylic acids is 2. The summed E-state index contributed by atoms with van der Waals surface area (Å²) in [6, 6.07) is 14.9. The number of carbonyl (C=O) groups is 2. The Balaban J connectivity index is 1.41. The highest BCUT2D eigenvalue weighted by Gasteiger charge is 2.26. The zero-order valence-corrected chi connectivity index (χ0v) is 18.9. The summed E-state index contributed by atoms with van der Waals surface area (Å²) < 4.78 is 6.81. The summed E-state index contributed by atoms with van der Waals surface area (Å²) in [5, 5.41) is 14.5. The summed E-state index contributed by atoms with van der Waals surface area (Å²) in [5.41, 5.74) is 3.08. The second-order valence-corrected chi connectivity index (χ2v) is 8.06. The van der Waals surface area contributed by atoms with Gasteiger partial charge in [0, 0.05) is 31.6 Å². The minimum Gasteiger partial charge on any atom is -0.497 e. The van der Waals surface area contributed by atoms with Crippen molar-refractivity contribution >= 4 is 17.5 Å². The third-order valence-corrected chi connectivity index (χ3v) is 5.87. The van der Waals surface area contributed by atoms with Gasteiger partial charge in [0.2, 0.25) is 11.8 Å². The van der Waals surface area contributed by atoms with Crippen molar-refractivity contribution in [3.05, 3.63) is 65.5 Å². The molecular weight excluding hydrogens is 420 g/mol. The lowest BCUT2D eigenvalue weighted by atomic mass is 10.0. The summed E-state index contributed by atoms with van der Waals surface area (Å²) >= 11 is 0. The lowest BCUT2D eigenvalue weighted by Crippen LogP contribution is -2.40. The molecule has 4 rings (SSSR count). The molecule has 0 bridgehead atoms. The number of tetrazole rings is 1. The van der Waals surface area contributed by atoms with Gasteiger partial charge in [-0.05, 0) is 59.5 Å². The van der Waals surface area contributed by atoms with E-state index in [9.17, 15) is 9.59 Å². The van der Waals surface area contributed by atoms with Gasteiger partial charge in [0.05, 0.1) is 7.11 Å². The molecule has 1 N–H and O–H groups in total. The van der Waals surface area contributed by atoms with E-state index in [0.29, 0.717) is 24.5 Å². The van der Waals surface area contributed by atoms with Crippen LogP contribution in [0.4, 0.5) is 5.69 Å². The fourth-order valence-electron chi connectivity index (χ4n) is 4.18. The smallest absolute Gasteiger partial charge is 0.245 e. The molecule has 2 amide bonds. The van der Waals surface area contributed by atoms with Gasteiger partial charge in [-0.15, -0.1) is 5.10 Å². The van der Waals surface area contributed by atoms with E-state index in [1.165, 1.54) is 10.2 Å².